The van der Waals surface area contributed by atoms with E-state index in [9.17, 15) is 4.79 Å². The van der Waals surface area contributed by atoms with Crippen molar-refractivity contribution in [3.63, 3.8) is 0 Å². The highest BCUT2D eigenvalue weighted by Crippen LogP contribution is 2.21. The van der Waals surface area contributed by atoms with E-state index in [-0.39, 0.29) is 0 Å². The minimum Gasteiger partial charge on any atom is -0.497 e. The van der Waals surface area contributed by atoms with E-state index in [0.717, 1.165) is 22.4 Å². The highest BCUT2D eigenvalue weighted by molar-refractivity contribution is 5.71. The molecule has 1 aromatic heterocycles. The van der Waals surface area contributed by atoms with Crippen molar-refractivity contribution in [3.05, 3.63) is 66.5 Å². The zero-order valence-electron chi connectivity index (χ0n) is 13.2. The molecule has 0 saturated carbocycles. The molecule has 6 nitrogen and oxygen atoms in total. The minimum absolute atomic E-state index is 0.364. The van der Waals surface area contributed by atoms with Crippen molar-refractivity contribution in [3.8, 4) is 22.6 Å². The smallest absolute Gasteiger partial charge is 0.412 e. The van der Waals surface area contributed by atoms with Crippen LogP contribution in [0.25, 0.3) is 11.1 Å². The summed E-state index contributed by atoms with van der Waals surface area (Å²) in [5, 5.41) is 9.38. The molecule has 0 saturated heterocycles. The molecular formula is C18H17N3O3. The van der Waals surface area contributed by atoms with E-state index in [1.165, 1.54) is 0 Å². The number of methoxy groups -OCH3 is 1. The molecule has 0 aliphatic heterocycles. The van der Waals surface area contributed by atoms with Crippen molar-refractivity contribution in [2.75, 3.05) is 7.11 Å². The lowest BCUT2D eigenvalue weighted by atomic mass is 10.1. The van der Waals surface area contributed by atoms with Crippen LogP contribution in [0.2, 0.25) is 0 Å². The molecule has 0 bridgehead atoms. The lowest BCUT2D eigenvalue weighted by Crippen LogP contribution is -2.26. The molecule has 0 aliphatic rings. The summed E-state index contributed by atoms with van der Waals surface area (Å²) in [6, 6.07) is 14.7. The molecule has 3 rings (SSSR count). The number of H-pyrrole nitrogens is 1. The monoisotopic (exact) mass is 323 g/mol. The van der Waals surface area contributed by atoms with Crippen molar-refractivity contribution in [1.82, 2.24) is 15.5 Å². The molecule has 3 aromatic rings. The van der Waals surface area contributed by atoms with Gasteiger partial charge in [-0.2, -0.15) is 5.10 Å². The third kappa shape index (κ3) is 3.92. The van der Waals surface area contributed by atoms with Crippen molar-refractivity contribution >= 4 is 6.09 Å². The fourth-order valence-electron chi connectivity index (χ4n) is 2.22. The van der Waals surface area contributed by atoms with Gasteiger partial charge in [0.2, 0.25) is 0 Å². The summed E-state index contributed by atoms with van der Waals surface area (Å²) in [5.41, 5.74) is 2.90. The highest BCUT2D eigenvalue weighted by Gasteiger charge is 2.06. The number of ether oxygens (including phenoxy) is 2. The average molecular weight is 323 g/mol. The quantitative estimate of drug-likeness (QED) is 0.755. The van der Waals surface area contributed by atoms with Crippen LogP contribution in [0.4, 0.5) is 4.79 Å². The fraction of sp³-hybridized carbons (Fsp3) is 0.111. The Morgan fingerprint density at radius 1 is 1.12 bits per heavy atom. The van der Waals surface area contributed by atoms with E-state index in [4.69, 9.17) is 9.47 Å². The average Bonchev–Trinajstić information content (AvgIpc) is 3.15. The van der Waals surface area contributed by atoms with Gasteiger partial charge in [0.25, 0.3) is 0 Å². The number of carbonyl (C=O) groups is 1. The topological polar surface area (TPSA) is 76.2 Å². The van der Waals surface area contributed by atoms with Crippen LogP contribution in [-0.4, -0.2) is 23.4 Å². The lowest BCUT2D eigenvalue weighted by Gasteiger charge is -2.08. The van der Waals surface area contributed by atoms with Gasteiger partial charge in [0.1, 0.15) is 11.5 Å². The van der Waals surface area contributed by atoms with Gasteiger partial charge in [-0.25, -0.2) is 4.79 Å². The molecule has 1 amide bonds. The Bertz CT molecular complexity index is 799. The largest absolute Gasteiger partial charge is 0.497 e. The number of benzene rings is 2. The normalized spacial score (nSPS) is 10.2. The molecule has 0 aliphatic carbocycles. The summed E-state index contributed by atoms with van der Waals surface area (Å²) in [4.78, 5) is 11.9. The van der Waals surface area contributed by atoms with Crippen molar-refractivity contribution in [2.45, 2.75) is 6.54 Å². The molecule has 0 spiro atoms. The first kappa shape index (κ1) is 15.6. The van der Waals surface area contributed by atoms with Crippen molar-refractivity contribution in [1.29, 1.82) is 0 Å². The molecule has 122 valence electrons. The van der Waals surface area contributed by atoms with Gasteiger partial charge in [-0.05, 0) is 35.4 Å². The van der Waals surface area contributed by atoms with Crippen LogP contribution in [0.15, 0.2) is 60.9 Å². The molecule has 2 aromatic carbocycles. The number of carbonyl (C=O) groups excluding carboxylic acids is 1. The number of rotatable bonds is 5. The summed E-state index contributed by atoms with van der Waals surface area (Å²) >= 11 is 0. The van der Waals surface area contributed by atoms with Gasteiger partial charge >= 0.3 is 6.09 Å². The third-order valence-electron chi connectivity index (χ3n) is 3.47. The molecule has 6 heteroatoms. The van der Waals surface area contributed by atoms with Gasteiger partial charge in [-0.3, -0.25) is 5.10 Å². The zero-order valence-corrected chi connectivity index (χ0v) is 13.2. The van der Waals surface area contributed by atoms with Crippen LogP contribution < -0.4 is 14.8 Å². The Kier molecular flexibility index (Phi) is 4.76. The Hall–Kier alpha value is -3.28. The van der Waals surface area contributed by atoms with E-state index in [0.29, 0.717) is 12.3 Å². The number of nitrogens with one attached hydrogen (secondary N) is 2. The number of hydrogen-bond acceptors (Lipinski definition) is 4. The maximum atomic E-state index is 11.9. The first-order valence-corrected chi connectivity index (χ1v) is 7.42. The summed E-state index contributed by atoms with van der Waals surface area (Å²) in [5.74, 6) is 1.22. The Labute approximate surface area is 139 Å². The minimum atomic E-state index is -0.506. The Morgan fingerprint density at radius 3 is 2.67 bits per heavy atom. The van der Waals surface area contributed by atoms with E-state index >= 15 is 0 Å². The second kappa shape index (κ2) is 7.32. The molecule has 1 heterocycles. The molecule has 0 unspecified atom stereocenters. The maximum absolute atomic E-state index is 11.9. The van der Waals surface area contributed by atoms with Gasteiger partial charge in [-0.1, -0.05) is 24.3 Å². The second-order valence-electron chi connectivity index (χ2n) is 5.11. The predicted molar refractivity (Wildman–Crippen MR) is 89.9 cm³/mol. The molecule has 24 heavy (non-hydrogen) atoms. The molecule has 0 atom stereocenters. The van der Waals surface area contributed by atoms with Gasteiger partial charge < -0.3 is 14.8 Å². The number of nitrogens with zero attached hydrogens (tertiary/aromatic N) is 1. The summed E-state index contributed by atoms with van der Waals surface area (Å²) in [6.07, 6.45) is 3.03. The number of aromatic nitrogens is 2. The maximum Gasteiger partial charge on any atom is 0.412 e. The highest BCUT2D eigenvalue weighted by atomic mass is 16.6. The van der Waals surface area contributed by atoms with Crippen molar-refractivity contribution in [2.24, 2.45) is 0 Å². The zero-order chi connectivity index (χ0) is 16.8. The SMILES string of the molecule is COc1cccc(CNC(=O)Oc2ccc(-c3cn[nH]c3)cc2)c1. The van der Waals surface area contributed by atoms with Crippen LogP contribution in [0.1, 0.15) is 5.56 Å². The van der Waals surface area contributed by atoms with Crippen LogP contribution in [0.5, 0.6) is 11.5 Å². The van der Waals surface area contributed by atoms with Crippen LogP contribution >= 0.6 is 0 Å². The summed E-state index contributed by atoms with van der Waals surface area (Å²) < 4.78 is 10.4. The molecule has 2 N–H and O–H groups in total. The van der Waals surface area contributed by atoms with Gasteiger partial charge in [-0.15, -0.1) is 0 Å². The van der Waals surface area contributed by atoms with Crippen LogP contribution in [-0.2, 0) is 6.54 Å². The summed E-state index contributed by atoms with van der Waals surface area (Å²) in [6.45, 7) is 0.364. The predicted octanol–water partition coefficient (Wildman–Crippen LogP) is 3.37. The Balaban J connectivity index is 1.54. The number of amides is 1. The molecule has 0 radical (unpaired) electrons. The van der Waals surface area contributed by atoms with Gasteiger partial charge in [0.15, 0.2) is 0 Å². The third-order valence-corrected chi connectivity index (χ3v) is 3.47. The first-order valence-electron chi connectivity index (χ1n) is 7.42. The van der Waals surface area contributed by atoms with E-state index < -0.39 is 6.09 Å². The van der Waals surface area contributed by atoms with E-state index in [2.05, 4.69) is 15.5 Å². The van der Waals surface area contributed by atoms with Gasteiger partial charge in [0, 0.05) is 18.3 Å². The van der Waals surface area contributed by atoms with E-state index in [1.54, 1.807) is 31.6 Å². The fourth-order valence-corrected chi connectivity index (χ4v) is 2.22. The number of aromatic amines is 1. The second-order valence-corrected chi connectivity index (χ2v) is 5.11. The summed E-state index contributed by atoms with van der Waals surface area (Å²) in [7, 11) is 1.61. The van der Waals surface area contributed by atoms with Crippen LogP contribution in [0, 0.1) is 0 Å². The molecular weight excluding hydrogens is 306 g/mol. The van der Waals surface area contributed by atoms with Gasteiger partial charge in [0.05, 0.1) is 13.3 Å². The standard InChI is InChI=1S/C18H17N3O3/c1-23-17-4-2-3-13(9-17)10-19-18(22)24-16-7-5-14(6-8-16)15-11-20-21-12-15/h2-9,11-12H,10H2,1H3,(H,19,22)(H,20,21). The number of hydrogen-bond donors (Lipinski definition) is 2. The first-order chi connectivity index (χ1) is 11.7. The lowest BCUT2D eigenvalue weighted by molar-refractivity contribution is 0.200. The molecule has 0 fully saturated rings. The Morgan fingerprint density at radius 2 is 1.96 bits per heavy atom. The van der Waals surface area contributed by atoms with E-state index in [1.807, 2.05) is 36.4 Å². The van der Waals surface area contributed by atoms with Crippen LogP contribution in [0.3, 0.4) is 0 Å². The van der Waals surface area contributed by atoms with Crippen molar-refractivity contribution < 1.29 is 14.3 Å².